The molecule has 5 atom stereocenters. The normalized spacial score (nSPS) is 26.1. The third-order valence-corrected chi connectivity index (χ3v) is 6.91. The first-order valence-electron chi connectivity index (χ1n) is 11.3. The van der Waals surface area contributed by atoms with Crippen molar-refractivity contribution in [3.63, 3.8) is 0 Å². The summed E-state index contributed by atoms with van der Waals surface area (Å²) in [4.78, 5) is 14.5. The molecule has 2 aliphatic rings. The van der Waals surface area contributed by atoms with Crippen LogP contribution in [0.4, 0.5) is 30.7 Å². The van der Waals surface area contributed by atoms with E-state index < -0.39 is 47.4 Å². The lowest BCUT2D eigenvalue weighted by Crippen LogP contribution is -2.44. The molecular formula is C25H24F7NO2. The number of hydrogen-bond acceptors (Lipinski definition) is 2. The van der Waals surface area contributed by atoms with Gasteiger partial charge in [0.05, 0.1) is 23.3 Å². The predicted octanol–water partition coefficient (Wildman–Crippen LogP) is 6.73. The first-order chi connectivity index (χ1) is 16.3. The largest absolute Gasteiger partial charge is 0.416 e. The fourth-order valence-electron chi connectivity index (χ4n) is 5.10. The zero-order valence-corrected chi connectivity index (χ0v) is 19.0. The zero-order valence-electron chi connectivity index (χ0n) is 19.0. The van der Waals surface area contributed by atoms with E-state index in [9.17, 15) is 35.5 Å². The molecule has 10 heteroatoms. The lowest BCUT2D eigenvalue weighted by molar-refractivity contribution is -0.143. The summed E-state index contributed by atoms with van der Waals surface area (Å²) in [7, 11) is 0. The molecule has 0 aliphatic carbocycles. The molecule has 0 spiro atoms. The van der Waals surface area contributed by atoms with Crippen LogP contribution in [0.5, 0.6) is 0 Å². The molecule has 0 bridgehead atoms. The van der Waals surface area contributed by atoms with Gasteiger partial charge in [0.1, 0.15) is 5.82 Å². The summed E-state index contributed by atoms with van der Waals surface area (Å²) in [5.41, 5.74) is -2.41. The molecular weight excluding hydrogens is 479 g/mol. The third kappa shape index (κ3) is 5.17. The maximum absolute atomic E-state index is 13.5. The number of amides is 1. The molecule has 2 heterocycles. The van der Waals surface area contributed by atoms with Crippen LogP contribution in [0.15, 0.2) is 42.5 Å². The number of fused-ring (bicyclic) bond motifs is 1. The number of ether oxygens (including phenoxy) is 1. The first kappa shape index (κ1) is 25.5. The highest BCUT2D eigenvalue weighted by atomic mass is 19.4. The van der Waals surface area contributed by atoms with Gasteiger partial charge in [-0.05, 0) is 61.2 Å². The molecule has 3 nitrogen and oxygen atoms in total. The SMILES string of the molecule is CC1CC[C@H]2C(c3ccc(F)cc3)[C@@H](O[C@H](C)c3cc(C(F)(F)F)cc(C(F)(F)F)c3)CN2C1=O. The molecule has 0 radical (unpaired) electrons. The number of halogens is 7. The van der Waals surface area contributed by atoms with Crippen LogP contribution in [0.3, 0.4) is 0 Å². The van der Waals surface area contributed by atoms with Gasteiger partial charge in [0, 0.05) is 24.4 Å². The minimum absolute atomic E-state index is 0.0768. The highest BCUT2D eigenvalue weighted by Gasteiger charge is 2.49. The summed E-state index contributed by atoms with van der Waals surface area (Å²) in [6.07, 6.45) is -10.5. The van der Waals surface area contributed by atoms with Gasteiger partial charge in [-0.1, -0.05) is 19.1 Å². The predicted molar refractivity (Wildman–Crippen MR) is 113 cm³/mol. The number of piperidine rings is 1. The van der Waals surface area contributed by atoms with Crippen LogP contribution in [-0.4, -0.2) is 29.5 Å². The Labute approximate surface area is 197 Å². The van der Waals surface area contributed by atoms with Crippen LogP contribution >= 0.6 is 0 Å². The van der Waals surface area contributed by atoms with Gasteiger partial charge in [-0.2, -0.15) is 26.3 Å². The Morgan fingerprint density at radius 2 is 1.51 bits per heavy atom. The average molecular weight is 503 g/mol. The molecule has 190 valence electrons. The van der Waals surface area contributed by atoms with Crippen molar-refractivity contribution in [2.75, 3.05) is 6.54 Å². The van der Waals surface area contributed by atoms with Gasteiger partial charge >= 0.3 is 12.4 Å². The summed E-state index contributed by atoms with van der Waals surface area (Å²) in [5, 5.41) is 0. The molecule has 1 amide bonds. The van der Waals surface area contributed by atoms with Gasteiger partial charge in [0.2, 0.25) is 5.91 Å². The van der Waals surface area contributed by atoms with E-state index in [0.717, 1.165) is 0 Å². The van der Waals surface area contributed by atoms with Crippen molar-refractivity contribution in [2.45, 2.75) is 63.2 Å². The topological polar surface area (TPSA) is 29.5 Å². The van der Waals surface area contributed by atoms with Crippen LogP contribution in [-0.2, 0) is 21.9 Å². The van der Waals surface area contributed by atoms with Crippen LogP contribution in [0.2, 0.25) is 0 Å². The number of hydrogen-bond donors (Lipinski definition) is 0. The fraction of sp³-hybridized carbons (Fsp3) is 0.480. The lowest BCUT2D eigenvalue weighted by Gasteiger charge is -2.35. The van der Waals surface area contributed by atoms with Crippen molar-refractivity contribution in [1.82, 2.24) is 4.90 Å². The summed E-state index contributed by atoms with van der Waals surface area (Å²) < 4.78 is 99.5. The molecule has 35 heavy (non-hydrogen) atoms. The number of nitrogens with zero attached hydrogens (tertiary/aromatic N) is 1. The number of carbonyl (C=O) groups excluding carboxylic acids is 1. The van der Waals surface area contributed by atoms with Gasteiger partial charge < -0.3 is 9.64 Å². The van der Waals surface area contributed by atoms with Crippen LogP contribution < -0.4 is 0 Å². The van der Waals surface area contributed by atoms with E-state index >= 15 is 0 Å². The Balaban J connectivity index is 1.68. The molecule has 2 aromatic rings. The highest BCUT2D eigenvalue weighted by molar-refractivity contribution is 5.80. The van der Waals surface area contributed by atoms with E-state index in [0.29, 0.717) is 30.5 Å². The van der Waals surface area contributed by atoms with Crippen molar-refractivity contribution in [2.24, 2.45) is 5.92 Å². The fourth-order valence-corrected chi connectivity index (χ4v) is 5.10. The van der Waals surface area contributed by atoms with Crippen LogP contribution in [0.1, 0.15) is 61.0 Å². The lowest BCUT2D eigenvalue weighted by atomic mass is 9.83. The van der Waals surface area contributed by atoms with Crippen molar-refractivity contribution >= 4 is 5.91 Å². The number of benzene rings is 2. The monoisotopic (exact) mass is 503 g/mol. The molecule has 2 unspecified atom stereocenters. The number of carbonyl (C=O) groups is 1. The molecule has 2 saturated heterocycles. The van der Waals surface area contributed by atoms with Gasteiger partial charge in [-0.3, -0.25) is 4.79 Å². The van der Waals surface area contributed by atoms with E-state index in [1.54, 1.807) is 17.0 Å². The first-order valence-corrected chi connectivity index (χ1v) is 11.3. The third-order valence-electron chi connectivity index (χ3n) is 6.91. The van der Waals surface area contributed by atoms with Crippen molar-refractivity contribution in [3.05, 3.63) is 70.5 Å². The summed E-state index contributed by atoms with van der Waals surface area (Å²) in [6, 6.07) is 6.81. The second-order valence-corrected chi connectivity index (χ2v) is 9.27. The summed E-state index contributed by atoms with van der Waals surface area (Å²) >= 11 is 0. The highest BCUT2D eigenvalue weighted by Crippen LogP contribution is 2.44. The molecule has 0 aromatic heterocycles. The Kier molecular flexibility index (Phi) is 6.63. The minimum atomic E-state index is -4.97. The van der Waals surface area contributed by atoms with Crippen molar-refractivity contribution < 1.29 is 40.3 Å². The van der Waals surface area contributed by atoms with Crippen molar-refractivity contribution in [1.29, 1.82) is 0 Å². The van der Waals surface area contributed by atoms with Crippen LogP contribution in [0.25, 0.3) is 0 Å². The molecule has 0 saturated carbocycles. The van der Waals surface area contributed by atoms with Crippen LogP contribution in [0, 0.1) is 11.7 Å². The van der Waals surface area contributed by atoms with Gasteiger partial charge in [0.15, 0.2) is 0 Å². The van der Waals surface area contributed by atoms with Gasteiger partial charge in [-0.25, -0.2) is 4.39 Å². The summed E-state index contributed by atoms with van der Waals surface area (Å²) in [6.45, 7) is 3.34. The van der Waals surface area contributed by atoms with E-state index in [2.05, 4.69) is 0 Å². The Hall–Kier alpha value is -2.62. The second-order valence-electron chi connectivity index (χ2n) is 9.27. The average Bonchev–Trinajstić information content (AvgIpc) is 3.14. The Bertz CT molecular complexity index is 1050. The second kappa shape index (κ2) is 9.11. The Morgan fingerprint density at radius 1 is 0.943 bits per heavy atom. The summed E-state index contributed by atoms with van der Waals surface area (Å²) in [5.74, 6) is -1.13. The number of rotatable bonds is 4. The van der Waals surface area contributed by atoms with E-state index in [4.69, 9.17) is 4.74 Å². The van der Waals surface area contributed by atoms with Gasteiger partial charge in [0.25, 0.3) is 0 Å². The number of alkyl halides is 6. The zero-order chi connectivity index (χ0) is 25.7. The molecule has 0 N–H and O–H groups in total. The maximum Gasteiger partial charge on any atom is 0.416 e. The standard InChI is InChI=1S/C25H24F7NO2/c1-13-3-8-20-22(15-4-6-19(26)7-5-15)21(12-33(20)23(13)34)35-14(2)16-9-17(24(27,28)29)11-18(10-16)25(30,31)32/h4-7,9-11,13-14,20-22H,3,8,12H2,1-2H3/t13?,14-,20+,21+,22?/m1/s1. The minimum Gasteiger partial charge on any atom is -0.368 e. The molecule has 4 rings (SSSR count). The van der Waals surface area contributed by atoms with E-state index in [1.165, 1.54) is 19.1 Å². The molecule has 2 aliphatic heterocycles. The smallest absolute Gasteiger partial charge is 0.368 e. The van der Waals surface area contributed by atoms with E-state index in [1.807, 2.05) is 6.92 Å². The van der Waals surface area contributed by atoms with E-state index in [-0.39, 0.29) is 36.0 Å². The maximum atomic E-state index is 13.5. The van der Waals surface area contributed by atoms with Gasteiger partial charge in [-0.15, -0.1) is 0 Å². The quantitative estimate of drug-likeness (QED) is 0.433. The Morgan fingerprint density at radius 3 is 2.06 bits per heavy atom. The molecule has 2 fully saturated rings. The molecule has 2 aromatic carbocycles. The van der Waals surface area contributed by atoms with Crippen molar-refractivity contribution in [3.8, 4) is 0 Å².